The summed E-state index contributed by atoms with van der Waals surface area (Å²) in [4.78, 5) is 78.0. The molecule has 0 aromatic heterocycles. The highest BCUT2D eigenvalue weighted by atomic mass is 19.4. The highest BCUT2D eigenvalue weighted by molar-refractivity contribution is 5.96. The van der Waals surface area contributed by atoms with Gasteiger partial charge in [0.25, 0.3) is 0 Å². The fourth-order valence-corrected chi connectivity index (χ4v) is 3.91. The SMILES string of the molecule is CC[C@@H]1NC(=O)[C@H](CCCN=C(N)N)NC(=O)[C@H](NC(=O)C(C)C)CCNC(=O)[C@@H](c2ccccc2)NC1=O.O=C(O)C(F)(F)F. The molecule has 1 fully saturated rings. The van der Waals surface area contributed by atoms with Crippen molar-refractivity contribution in [2.24, 2.45) is 22.4 Å². The topological polar surface area (TPSA) is 247 Å². The van der Waals surface area contributed by atoms with E-state index in [0.29, 0.717) is 12.0 Å². The van der Waals surface area contributed by atoms with Crippen molar-refractivity contribution >= 4 is 41.5 Å². The molecule has 15 nitrogen and oxygen atoms in total. The maximum Gasteiger partial charge on any atom is 0.490 e. The molecule has 18 heteroatoms. The average molecular weight is 659 g/mol. The molecule has 1 aromatic carbocycles. The third-order valence-electron chi connectivity index (χ3n) is 6.43. The van der Waals surface area contributed by atoms with E-state index < -0.39 is 59.9 Å². The van der Waals surface area contributed by atoms with Crippen molar-refractivity contribution in [2.75, 3.05) is 13.1 Å². The summed E-state index contributed by atoms with van der Waals surface area (Å²) in [5, 5.41) is 20.7. The summed E-state index contributed by atoms with van der Waals surface area (Å²) in [7, 11) is 0. The van der Waals surface area contributed by atoms with E-state index in [0.717, 1.165) is 0 Å². The van der Waals surface area contributed by atoms with Crippen LogP contribution in [0.1, 0.15) is 58.1 Å². The van der Waals surface area contributed by atoms with E-state index in [4.69, 9.17) is 21.4 Å². The number of carboxylic acid groups (broad SMARTS) is 1. The number of halogens is 3. The molecule has 0 bridgehead atoms. The van der Waals surface area contributed by atoms with E-state index in [9.17, 15) is 37.1 Å². The van der Waals surface area contributed by atoms with Gasteiger partial charge in [-0.15, -0.1) is 0 Å². The molecule has 0 radical (unpaired) electrons. The minimum atomic E-state index is -5.08. The third kappa shape index (κ3) is 13.8. The third-order valence-corrected chi connectivity index (χ3v) is 6.43. The molecule has 2 rings (SSSR count). The van der Waals surface area contributed by atoms with Crippen molar-refractivity contribution in [1.29, 1.82) is 0 Å². The lowest BCUT2D eigenvalue weighted by molar-refractivity contribution is -0.192. The number of guanidine groups is 1. The van der Waals surface area contributed by atoms with Crippen LogP contribution in [0, 0.1) is 5.92 Å². The lowest BCUT2D eigenvalue weighted by Gasteiger charge is -2.28. The van der Waals surface area contributed by atoms with Crippen LogP contribution in [0.4, 0.5) is 13.2 Å². The summed E-state index contributed by atoms with van der Waals surface area (Å²) in [5.74, 6) is -5.79. The molecule has 4 atom stereocenters. The molecular formula is C28H41F3N8O7. The van der Waals surface area contributed by atoms with Gasteiger partial charge in [-0.2, -0.15) is 13.2 Å². The van der Waals surface area contributed by atoms with Crippen molar-refractivity contribution in [3.8, 4) is 0 Å². The second-order valence-electron chi connectivity index (χ2n) is 10.4. The first-order valence-corrected chi connectivity index (χ1v) is 14.4. The Morgan fingerprint density at radius 1 is 0.978 bits per heavy atom. The smallest absolute Gasteiger partial charge is 0.475 e. The molecule has 1 saturated heterocycles. The number of alkyl halides is 3. The number of amides is 5. The van der Waals surface area contributed by atoms with E-state index in [1.54, 1.807) is 51.1 Å². The standard InChI is InChI=1S/C26H40N8O5.C2HF3O2/c1-4-17-22(36)34-20(16-9-6-5-7-10-16)25(39)29-14-12-19(32-21(35)15(2)3)24(38)33-18(23(37)31-17)11-8-13-30-26(27)28;3-2(4,5)1(6)7/h5-7,9-10,15,17-20H,4,8,11-14H2,1-3H3,(H,29,39)(H,31,37)(H,32,35)(H,33,38)(H,34,36)(H4,27,28,30);(H,6,7)/t17-,18-,19+,20+;/m0./s1. The number of hydrogen-bond acceptors (Lipinski definition) is 7. The Labute approximate surface area is 263 Å². The van der Waals surface area contributed by atoms with Crippen LogP contribution in [-0.4, -0.2) is 84.0 Å². The quantitative estimate of drug-likeness (QED) is 0.102. The molecule has 0 unspecified atom stereocenters. The molecule has 256 valence electrons. The molecule has 0 spiro atoms. The van der Waals surface area contributed by atoms with Gasteiger partial charge in [0.2, 0.25) is 29.5 Å². The van der Waals surface area contributed by atoms with E-state index in [-0.39, 0.29) is 50.1 Å². The van der Waals surface area contributed by atoms with E-state index in [1.165, 1.54) is 0 Å². The molecular weight excluding hydrogens is 617 g/mol. The van der Waals surface area contributed by atoms with Gasteiger partial charge in [-0.05, 0) is 31.2 Å². The second-order valence-corrected chi connectivity index (χ2v) is 10.4. The molecule has 0 saturated carbocycles. The Bertz CT molecular complexity index is 1240. The number of nitrogens with two attached hydrogens (primary N) is 2. The Kier molecular flexibility index (Phi) is 16.0. The number of nitrogens with one attached hydrogen (secondary N) is 5. The zero-order valence-corrected chi connectivity index (χ0v) is 25.6. The maximum absolute atomic E-state index is 13.3. The molecule has 1 aliphatic heterocycles. The first-order valence-electron chi connectivity index (χ1n) is 14.4. The number of benzene rings is 1. The molecule has 1 aliphatic rings. The predicted octanol–water partition coefficient (Wildman–Crippen LogP) is -0.429. The zero-order valence-electron chi connectivity index (χ0n) is 25.6. The second kappa shape index (κ2) is 18.8. The first-order chi connectivity index (χ1) is 21.5. The average Bonchev–Trinajstić information content (AvgIpc) is 2.98. The molecule has 1 aromatic rings. The monoisotopic (exact) mass is 658 g/mol. The van der Waals surface area contributed by atoms with Gasteiger partial charge in [0.15, 0.2) is 5.96 Å². The normalized spacial score (nSPS) is 21.2. The van der Waals surface area contributed by atoms with Gasteiger partial charge < -0.3 is 43.2 Å². The fourth-order valence-electron chi connectivity index (χ4n) is 3.91. The van der Waals surface area contributed by atoms with Gasteiger partial charge in [0, 0.05) is 19.0 Å². The van der Waals surface area contributed by atoms with Crippen LogP contribution in [0.3, 0.4) is 0 Å². The van der Waals surface area contributed by atoms with E-state index in [2.05, 4.69) is 31.6 Å². The van der Waals surface area contributed by atoms with Gasteiger partial charge >= 0.3 is 12.1 Å². The van der Waals surface area contributed by atoms with Gasteiger partial charge in [0.05, 0.1) is 0 Å². The van der Waals surface area contributed by atoms with Crippen LogP contribution in [-0.2, 0) is 28.8 Å². The molecule has 5 amide bonds. The van der Waals surface area contributed by atoms with E-state index >= 15 is 0 Å². The van der Waals surface area contributed by atoms with Crippen molar-refractivity contribution in [2.45, 2.75) is 76.8 Å². The Balaban J connectivity index is 0.00000135. The predicted molar refractivity (Wildman–Crippen MR) is 159 cm³/mol. The van der Waals surface area contributed by atoms with Crippen molar-refractivity contribution in [3.05, 3.63) is 35.9 Å². The minimum Gasteiger partial charge on any atom is -0.475 e. The zero-order chi connectivity index (χ0) is 35.0. The number of carbonyl (C=O) groups is 6. The van der Waals surface area contributed by atoms with Crippen LogP contribution >= 0.6 is 0 Å². The number of nitrogens with zero attached hydrogens (tertiary/aromatic N) is 1. The number of rotatable bonds is 8. The molecule has 46 heavy (non-hydrogen) atoms. The number of carbonyl (C=O) groups excluding carboxylic acids is 5. The Morgan fingerprint density at radius 3 is 2.07 bits per heavy atom. The Hall–Kier alpha value is -4.90. The fraction of sp³-hybridized carbons (Fsp3) is 0.536. The number of aliphatic carboxylic acids is 1. The summed E-state index contributed by atoms with van der Waals surface area (Å²) in [5.41, 5.74) is 11.3. The van der Waals surface area contributed by atoms with Crippen LogP contribution < -0.4 is 38.1 Å². The first kappa shape index (κ1) is 39.1. The summed E-state index contributed by atoms with van der Waals surface area (Å²) in [6, 6.07) is 4.67. The largest absolute Gasteiger partial charge is 0.490 e. The van der Waals surface area contributed by atoms with Crippen molar-refractivity contribution in [3.63, 3.8) is 0 Å². The lowest BCUT2D eigenvalue weighted by atomic mass is 10.0. The maximum atomic E-state index is 13.3. The Morgan fingerprint density at radius 2 is 1.54 bits per heavy atom. The molecule has 0 aliphatic carbocycles. The van der Waals surface area contributed by atoms with Crippen LogP contribution in [0.25, 0.3) is 0 Å². The van der Waals surface area contributed by atoms with E-state index in [1.807, 2.05) is 0 Å². The van der Waals surface area contributed by atoms with Gasteiger partial charge in [-0.25, -0.2) is 4.79 Å². The minimum absolute atomic E-state index is 0.0348. The summed E-state index contributed by atoms with van der Waals surface area (Å²) in [6.07, 6.45) is -4.23. The summed E-state index contributed by atoms with van der Waals surface area (Å²) < 4.78 is 31.7. The van der Waals surface area contributed by atoms with Crippen molar-refractivity contribution < 1.29 is 47.0 Å². The van der Waals surface area contributed by atoms with Crippen LogP contribution in [0.2, 0.25) is 0 Å². The molecule has 10 N–H and O–H groups in total. The highest BCUT2D eigenvalue weighted by Gasteiger charge is 2.38. The van der Waals surface area contributed by atoms with Crippen LogP contribution in [0.5, 0.6) is 0 Å². The van der Waals surface area contributed by atoms with Crippen molar-refractivity contribution in [1.82, 2.24) is 26.6 Å². The summed E-state index contributed by atoms with van der Waals surface area (Å²) in [6.45, 7) is 5.37. The lowest BCUT2D eigenvalue weighted by Crippen LogP contribution is -2.58. The van der Waals surface area contributed by atoms with Gasteiger partial charge in [-0.3, -0.25) is 29.0 Å². The number of hydrogen-bond donors (Lipinski definition) is 8. The number of carboxylic acids is 1. The van der Waals surface area contributed by atoms with Crippen LogP contribution in [0.15, 0.2) is 35.3 Å². The van der Waals surface area contributed by atoms with Gasteiger partial charge in [-0.1, -0.05) is 51.1 Å². The molecule has 1 heterocycles. The highest BCUT2D eigenvalue weighted by Crippen LogP contribution is 2.15. The van der Waals surface area contributed by atoms with Gasteiger partial charge in [0.1, 0.15) is 24.2 Å². The number of aliphatic imine (C=N–C) groups is 1. The summed E-state index contributed by atoms with van der Waals surface area (Å²) >= 11 is 0.